The molecule has 2 aromatic carbocycles. The van der Waals surface area contributed by atoms with Gasteiger partial charge in [0.05, 0.1) is 11.1 Å². The molecule has 0 saturated carbocycles. The van der Waals surface area contributed by atoms with Gasteiger partial charge in [-0.05, 0) is 47.9 Å². The number of halogens is 8. The molecule has 1 unspecified atom stereocenters. The van der Waals surface area contributed by atoms with E-state index >= 15 is 0 Å². The Morgan fingerprint density at radius 1 is 0.846 bits per heavy atom. The fraction of sp³-hybridized carbons (Fsp3) is 0.235. The second kappa shape index (κ2) is 7.05. The fourth-order valence-electron chi connectivity index (χ4n) is 2.38. The van der Waals surface area contributed by atoms with Gasteiger partial charge >= 0.3 is 12.4 Å². The molecule has 1 atom stereocenters. The number of aldehydes is 1. The second-order valence-electron chi connectivity index (χ2n) is 5.49. The lowest BCUT2D eigenvalue weighted by molar-refractivity contribution is -0.140. The largest absolute Gasteiger partial charge is 0.419 e. The van der Waals surface area contributed by atoms with Crippen molar-refractivity contribution in [3.05, 3.63) is 70.3 Å². The highest BCUT2D eigenvalue weighted by molar-refractivity contribution is 5.63. The summed E-state index contributed by atoms with van der Waals surface area (Å²) in [6.07, 6.45) is -10.0. The van der Waals surface area contributed by atoms with Crippen molar-refractivity contribution in [2.75, 3.05) is 0 Å². The van der Waals surface area contributed by atoms with E-state index in [2.05, 4.69) is 0 Å². The Balaban J connectivity index is 2.36. The summed E-state index contributed by atoms with van der Waals surface area (Å²) in [7, 11) is 0. The summed E-state index contributed by atoms with van der Waals surface area (Å²) in [6.45, 7) is 0. The summed E-state index contributed by atoms with van der Waals surface area (Å²) >= 11 is 0. The summed E-state index contributed by atoms with van der Waals surface area (Å²) in [5.74, 6) is -3.96. The van der Waals surface area contributed by atoms with Gasteiger partial charge in [0, 0.05) is 5.92 Å². The van der Waals surface area contributed by atoms with Crippen LogP contribution in [0.3, 0.4) is 0 Å². The number of alkyl halides is 6. The minimum Gasteiger partial charge on any atom is -0.303 e. The maximum atomic E-state index is 13.8. The minimum atomic E-state index is -4.94. The van der Waals surface area contributed by atoms with E-state index in [0.29, 0.717) is 30.3 Å². The maximum Gasteiger partial charge on any atom is 0.419 e. The molecule has 0 aliphatic heterocycles. The lowest BCUT2D eigenvalue weighted by Crippen LogP contribution is -2.12. The summed E-state index contributed by atoms with van der Waals surface area (Å²) in [5.41, 5.74) is -3.35. The topological polar surface area (TPSA) is 17.1 Å². The number of carbonyl (C=O) groups is 1. The molecule has 0 amide bonds. The first-order chi connectivity index (χ1) is 11.9. The van der Waals surface area contributed by atoms with E-state index < -0.39 is 53.0 Å². The van der Waals surface area contributed by atoms with Crippen LogP contribution in [0.25, 0.3) is 0 Å². The minimum absolute atomic E-state index is 0.206. The van der Waals surface area contributed by atoms with Crippen molar-refractivity contribution in [3.8, 4) is 0 Å². The van der Waals surface area contributed by atoms with E-state index in [1.54, 1.807) is 0 Å². The van der Waals surface area contributed by atoms with Crippen LogP contribution in [0.5, 0.6) is 0 Å². The number of benzene rings is 2. The Morgan fingerprint density at radius 2 is 1.50 bits per heavy atom. The predicted octanol–water partition coefficient (Wildman–Crippen LogP) is 5.53. The third-order valence-electron chi connectivity index (χ3n) is 3.70. The molecule has 0 aromatic heterocycles. The molecule has 0 fully saturated rings. The molecule has 0 aliphatic rings. The van der Waals surface area contributed by atoms with Gasteiger partial charge in [-0.3, -0.25) is 0 Å². The summed E-state index contributed by atoms with van der Waals surface area (Å²) in [4.78, 5) is 11.2. The molecule has 2 rings (SSSR count). The molecule has 140 valence electrons. The standard InChI is InChI=1S/C17H10F8O/c18-14-4-2-12(16(20,21)22)6-10(14)5-11(8-26)9-1-3-13(15(19)7-9)17(23,24)25/h1-4,6-8,11H,5H2. The molecule has 0 spiro atoms. The zero-order chi connectivity index (χ0) is 19.7. The molecule has 2 aromatic rings. The number of hydrogen-bond donors (Lipinski definition) is 0. The normalized spacial score (nSPS) is 13.5. The summed E-state index contributed by atoms with van der Waals surface area (Å²) in [6, 6.07) is 3.32. The number of carbonyl (C=O) groups excluding carboxylic acids is 1. The van der Waals surface area contributed by atoms with Crippen molar-refractivity contribution in [1.82, 2.24) is 0 Å². The smallest absolute Gasteiger partial charge is 0.303 e. The van der Waals surface area contributed by atoms with Crippen LogP contribution in [0, 0.1) is 11.6 Å². The van der Waals surface area contributed by atoms with Crippen LogP contribution in [0.15, 0.2) is 36.4 Å². The quantitative estimate of drug-likeness (QED) is 0.502. The molecule has 26 heavy (non-hydrogen) atoms. The predicted molar refractivity (Wildman–Crippen MR) is 75.3 cm³/mol. The number of hydrogen-bond acceptors (Lipinski definition) is 1. The highest BCUT2D eigenvalue weighted by Crippen LogP contribution is 2.34. The van der Waals surface area contributed by atoms with Crippen molar-refractivity contribution in [2.24, 2.45) is 0 Å². The van der Waals surface area contributed by atoms with Gasteiger partial charge in [0.1, 0.15) is 17.9 Å². The molecule has 9 heteroatoms. The highest BCUT2D eigenvalue weighted by Gasteiger charge is 2.34. The van der Waals surface area contributed by atoms with Crippen molar-refractivity contribution in [3.63, 3.8) is 0 Å². The first kappa shape index (κ1) is 19.9. The van der Waals surface area contributed by atoms with Gasteiger partial charge in [-0.15, -0.1) is 0 Å². The lowest BCUT2D eigenvalue weighted by atomic mass is 9.91. The van der Waals surface area contributed by atoms with Gasteiger partial charge in [0.25, 0.3) is 0 Å². The van der Waals surface area contributed by atoms with E-state index in [-0.39, 0.29) is 11.8 Å². The van der Waals surface area contributed by atoms with E-state index in [4.69, 9.17) is 0 Å². The van der Waals surface area contributed by atoms with Crippen LogP contribution in [-0.2, 0) is 23.6 Å². The van der Waals surface area contributed by atoms with Crippen LogP contribution in [0.1, 0.15) is 28.2 Å². The lowest BCUT2D eigenvalue weighted by Gasteiger charge is -2.15. The van der Waals surface area contributed by atoms with Crippen LogP contribution < -0.4 is 0 Å². The van der Waals surface area contributed by atoms with Crippen molar-refractivity contribution < 1.29 is 39.9 Å². The van der Waals surface area contributed by atoms with Crippen molar-refractivity contribution >= 4 is 6.29 Å². The molecule has 0 N–H and O–H groups in total. The van der Waals surface area contributed by atoms with Gasteiger partial charge in [-0.1, -0.05) is 6.07 Å². The Kier molecular flexibility index (Phi) is 5.39. The first-order valence-electron chi connectivity index (χ1n) is 7.11. The molecule has 0 bridgehead atoms. The summed E-state index contributed by atoms with van der Waals surface area (Å²) in [5, 5.41) is 0. The number of rotatable bonds is 4. The van der Waals surface area contributed by atoms with E-state index in [9.17, 15) is 39.9 Å². The van der Waals surface area contributed by atoms with Gasteiger partial charge < -0.3 is 4.79 Å². The molecule has 0 heterocycles. The SMILES string of the molecule is O=CC(Cc1cc(C(F)(F)F)ccc1F)c1ccc(C(F)(F)F)c(F)c1. The zero-order valence-electron chi connectivity index (χ0n) is 12.8. The molecule has 0 saturated heterocycles. The average Bonchev–Trinajstić information content (AvgIpc) is 2.51. The van der Waals surface area contributed by atoms with Gasteiger partial charge in [0.15, 0.2) is 0 Å². The van der Waals surface area contributed by atoms with Crippen LogP contribution in [-0.4, -0.2) is 6.29 Å². The van der Waals surface area contributed by atoms with Crippen LogP contribution in [0.2, 0.25) is 0 Å². The van der Waals surface area contributed by atoms with E-state index in [1.807, 2.05) is 0 Å². The summed E-state index contributed by atoms with van der Waals surface area (Å²) < 4.78 is 103. The highest BCUT2D eigenvalue weighted by atomic mass is 19.4. The first-order valence-corrected chi connectivity index (χ1v) is 7.11. The zero-order valence-corrected chi connectivity index (χ0v) is 12.8. The Hall–Kier alpha value is -2.45. The van der Waals surface area contributed by atoms with E-state index in [1.165, 1.54) is 0 Å². The van der Waals surface area contributed by atoms with Crippen molar-refractivity contribution in [1.29, 1.82) is 0 Å². The van der Waals surface area contributed by atoms with Gasteiger partial charge in [-0.2, -0.15) is 26.3 Å². The average molecular weight is 382 g/mol. The van der Waals surface area contributed by atoms with Gasteiger partial charge in [-0.25, -0.2) is 8.78 Å². The third kappa shape index (κ3) is 4.39. The Morgan fingerprint density at radius 3 is 2.00 bits per heavy atom. The third-order valence-corrected chi connectivity index (χ3v) is 3.70. The van der Waals surface area contributed by atoms with Gasteiger partial charge in [0.2, 0.25) is 0 Å². The van der Waals surface area contributed by atoms with E-state index in [0.717, 1.165) is 6.07 Å². The molecular formula is C17H10F8O. The Labute approximate surface area is 142 Å². The fourth-order valence-corrected chi connectivity index (χ4v) is 2.38. The van der Waals surface area contributed by atoms with Crippen LogP contribution >= 0.6 is 0 Å². The van der Waals surface area contributed by atoms with Crippen LogP contribution in [0.4, 0.5) is 35.1 Å². The molecular weight excluding hydrogens is 372 g/mol. The monoisotopic (exact) mass is 382 g/mol. The second-order valence-corrected chi connectivity index (χ2v) is 5.49. The molecule has 0 aliphatic carbocycles. The molecule has 0 radical (unpaired) electrons. The maximum absolute atomic E-state index is 13.8. The van der Waals surface area contributed by atoms with Crippen molar-refractivity contribution in [2.45, 2.75) is 24.7 Å². The Bertz CT molecular complexity index is 807. The molecule has 1 nitrogen and oxygen atoms in total.